The molecule has 12 heteroatoms. The highest BCUT2D eigenvalue weighted by atomic mass is 32.2. The Bertz CT molecular complexity index is 1350. The highest BCUT2D eigenvalue weighted by Crippen LogP contribution is 2.40. The van der Waals surface area contributed by atoms with Gasteiger partial charge in [-0.15, -0.1) is 11.8 Å². The Morgan fingerprint density at radius 1 is 1.07 bits per heavy atom. The van der Waals surface area contributed by atoms with E-state index >= 15 is 0 Å². The van der Waals surface area contributed by atoms with Gasteiger partial charge in [-0.2, -0.15) is 0 Å². The lowest BCUT2D eigenvalue weighted by Crippen LogP contribution is -2.34. The highest BCUT2D eigenvalue weighted by molar-refractivity contribution is 7.99. The maximum absolute atomic E-state index is 12.3. The zero-order chi connectivity index (χ0) is 29.2. The molecule has 1 fully saturated rings. The minimum absolute atomic E-state index is 0.0695. The Hall–Kier alpha value is -3.97. The third-order valence-corrected chi connectivity index (χ3v) is 7.27. The van der Waals surface area contributed by atoms with E-state index in [1.807, 2.05) is 30.3 Å². The molecule has 3 aromatic rings. The summed E-state index contributed by atoms with van der Waals surface area (Å²) in [7, 11) is 0. The standard InChI is InChI=1S/C29H31N3O8S/c1-2-38-25(34)15-31-29(37)32-21-6-3-5-20(13-21)28-39-22(17-41-26-23(27(35)36)7-4-12-30-26)14-24(40-28)19-10-8-18(16-33)9-11-19/h3-13,22,24,28,33H,2,14-17H2,1H3,(H,35,36)(H2,31,32,37)/t22-,24+,28+/m0/s1. The van der Waals surface area contributed by atoms with E-state index < -0.39 is 24.3 Å². The van der Waals surface area contributed by atoms with Crippen LogP contribution in [0.5, 0.6) is 0 Å². The van der Waals surface area contributed by atoms with Gasteiger partial charge in [0, 0.05) is 29.6 Å². The van der Waals surface area contributed by atoms with Gasteiger partial charge in [0.05, 0.1) is 31.0 Å². The van der Waals surface area contributed by atoms with Crippen LogP contribution in [0.3, 0.4) is 0 Å². The van der Waals surface area contributed by atoms with Crippen LogP contribution in [0.15, 0.2) is 71.9 Å². The van der Waals surface area contributed by atoms with Gasteiger partial charge in [0.1, 0.15) is 11.6 Å². The van der Waals surface area contributed by atoms with E-state index in [9.17, 15) is 24.6 Å². The summed E-state index contributed by atoms with van der Waals surface area (Å²) >= 11 is 1.30. The number of amides is 2. The first-order valence-corrected chi connectivity index (χ1v) is 14.0. The summed E-state index contributed by atoms with van der Waals surface area (Å²) in [6.07, 6.45) is 0.596. The molecule has 3 atom stereocenters. The molecule has 4 rings (SSSR count). The van der Waals surface area contributed by atoms with Crippen molar-refractivity contribution in [3.05, 3.63) is 89.1 Å². The number of urea groups is 1. The van der Waals surface area contributed by atoms with E-state index in [1.165, 1.54) is 17.8 Å². The van der Waals surface area contributed by atoms with E-state index in [0.717, 1.165) is 11.1 Å². The lowest BCUT2D eigenvalue weighted by Gasteiger charge is -2.36. The van der Waals surface area contributed by atoms with Gasteiger partial charge in [-0.25, -0.2) is 14.6 Å². The number of benzene rings is 2. The monoisotopic (exact) mass is 581 g/mol. The Morgan fingerprint density at radius 2 is 1.88 bits per heavy atom. The van der Waals surface area contributed by atoms with Crippen molar-refractivity contribution >= 4 is 35.4 Å². The summed E-state index contributed by atoms with van der Waals surface area (Å²) < 4.78 is 17.5. The molecule has 2 heterocycles. The number of aliphatic hydroxyl groups is 1. The number of aromatic nitrogens is 1. The predicted molar refractivity (Wildman–Crippen MR) is 150 cm³/mol. The molecule has 4 N–H and O–H groups in total. The van der Waals surface area contributed by atoms with E-state index in [4.69, 9.17) is 14.2 Å². The number of aliphatic hydroxyl groups excluding tert-OH is 1. The van der Waals surface area contributed by atoms with Crippen LogP contribution in [-0.2, 0) is 25.6 Å². The van der Waals surface area contributed by atoms with Crippen LogP contribution in [0.4, 0.5) is 10.5 Å². The van der Waals surface area contributed by atoms with Gasteiger partial charge in [-0.05, 0) is 42.3 Å². The van der Waals surface area contributed by atoms with E-state index in [0.29, 0.717) is 28.5 Å². The largest absolute Gasteiger partial charge is 0.478 e. The molecule has 0 radical (unpaired) electrons. The van der Waals surface area contributed by atoms with Crippen LogP contribution in [0.1, 0.15) is 52.8 Å². The Morgan fingerprint density at radius 3 is 2.61 bits per heavy atom. The van der Waals surface area contributed by atoms with Crippen LogP contribution >= 0.6 is 11.8 Å². The minimum Gasteiger partial charge on any atom is -0.478 e. The third-order valence-electron chi connectivity index (χ3n) is 6.14. The highest BCUT2D eigenvalue weighted by Gasteiger charge is 2.33. The molecule has 0 bridgehead atoms. The van der Waals surface area contributed by atoms with E-state index in [2.05, 4.69) is 15.6 Å². The zero-order valence-corrected chi connectivity index (χ0v) is 23.1. The number of aromatic carboxylic acids is 1. The lowest BCUT2D eigenvalue weighted by atomic mass is 10.0. The molecule has 2 amide bonds. The Kier molecular flexibility index (Phi) is 10.7. The topological polar surface area (TPSA) is 156 Å². The molecule has 1 aromatic heterocycles. The molecule has 1 aliphatic rings. The van der Waals surface area contributed by atoms with Crippen LogP contribution in [-0.4, -0.2) is 58.2 Å². The number of nitrogens with one attached hydrogen (secondary N) is 2. The normalized spacial score (nSPS) is 18.3. The van der Waals surface area contributed by atoms with Crippen LogP contribution in [0, 0.1) is 0 Å². The van der Waals surface area contributed by atoms with Gasteiger partial charge >= 0.3 is 18.0 Å². The first kappa shape index (κ1) is 30.0. The molecule has 0 spiro atoms. The summed E-state index contributed by atoms with van der Waals surface area (Å²) in [5.41, 5.74) is 2.93. The zero-order valence-electron chi connectivity index (χ0n) is 22.3. The first-order valence-electron chi connectivity index (χ1n) is 13.0. The van der Waals surface area contributed by atoms with Crippen molar-refractivity contribution in [3.63, 3.8) is 0 Å². The van der Waals surface area contributed by atoms with Crippen molar-refractivity contribution in [1.29, 1.82) is 0 Å². The van der Waals surface area contributed by atoms with Crippen LogP contribution in [0.25, 0.3) is 0 Å². The molecular weight excluding hydrogens is 550 g/mol. The smallest absolute Gasteiger partial charge is 0.338 e. The maximum Gasteiger partial charge on any atom is 0.338 e. The summed E-state index contributed by atoms with van der Waals surface area (Å²) in [5, 5.41) is 24.5. The average molecular weight is 582 g/mol. The van der Waals surface area contributed by atoms with E-state index in [1.54, 1.807) is 37.4 Å². The molecule has 216 valence electrons. The van der Waals surface area contributed by atoms with Crippen molar-refractivity contribution in [1.82, 2.24) is 10.3 Å². The number of hydrogen-bond acceptors (Lipinski definition) is 9. The predicted octanol–water partition coefficient (Wildman–Crippen LogP) is 4.29. The summed E-state index contributed by atoms with van der Waals surface area (Å²) in [5.74, 6) is -1.16. The number of hydrogen-bond donors (Lipinski definition) is 4. The fourth-order valence-corrected chi connectivity index (χ4v) is 5.17. The van der Waals surface area contributed by atoms with Gasteiger partial charge in [0.15, 0.2) is 6.29 Å². The maximum atomic E-state index is 12.3. The summed E-state index contributed by atoms with van der Waals surface area (Å²) in [6, 6.07) is 17.0. The number of carboxylic acid groups (broad SMARTS) is 1. The number of ether oxygens (including phenoxy) is 3. The first-order chi connectivity index (χ1) is 19.9. The molecule has 1 aliphatic heterocycles. The van der Waals surface area contributed by atoms with Crippen molar-refractivity contribution in [2.24, 2.45) is 0 Å². The number of carbonyl (C=O) groups excluding carboxylic acids is 2. The second-order valence-electron chi connectivity index (χ2n) is 9.06. The quantitative estimate of drug-likeness (QED) is 0.190. The van der Waals surface area contributed by atoms with Crippen molar-refractivity contribution in [2.45, 2.75) is 43.5 Å². The second kappa shape index (κ2) is 14.6. The number of esters is 1. The lowest BCUT2D eigenvalue weighted by molar-refractivity contribution is -0.245. The summed E-state index contributed by atoms with van der Waals surface area (Å²) in [4.78, 5) is 39.7. The number of carbonyl (C=O) groups is 3. The number of rotatable bonds is 11. The van der Waals surface area contributed by atoms with Crippen molar-refractivity contribution in [2.75, 3.05) is 24.2 Å². The number of carboxylic acids is 1. The van der Waals surface area contributed by atoms with Gasteiger partial charge in [0.2, 0.25) is 0 Å². The molecule has 0 saturated carbocycles. The molecule has 0 aliphatic carbocycles. The molecule has 1 saturated heterocycles. The van der Waals surface area contributed by atoms with Crippen molar-refractivity contribution in [3.8, 4) is 0 Å². The van der Waals surface area contributed by atoms with Crippen molar-refractivity contribution < 1.29 is 38.8 Å². The van der Waals surface area contributed by atoms with Crippen LogP contribution < -0.4 is 10.6 Å². The Balaban J connectivity index is 1.50. The van der Waals surface area contributed by atoms with E-state index in [-0.39, 0.29) is 37.5 Å². The summed E-state index contributed by atoms with van der Waals surface area (Å²) in [6.45, 7) is 1.58. The van der Waals surface area contributed by atoms with Gasteiger partial charge in [-0.3, -0.25) is 4.79 Å². The second-order valence-corrected chi connectivity index (χ2v) is 10.1. The molecular formula is C29H31N3O8S. The number of nitrogens with zero attached hydrogens (tertiary/aromatic N) is 1. The number of anilines is 1. The Labute approximate surface area is 241 Å². The molecule has 41 heavy (non-hydrogen) atoms. The molecule has 11 nitrogen and oxygen atoms in total. The molecule has 2 aromatic carbocycles. The fraction of sp³-hybridized carbons (Fsp3) is 0.310. The number of thioether (sulfide) groups is 1. The van der Waals surface area contributed by atoms with Gasteiger partial charge in [0.25, 0.3) is 0 Å². The SMILES string of the molecule is CCOC(=O)CNC(=O)Nc1cccc([C@@H]2O[C@H](CSc3ncccc3C(=O)O)C[C@H](c3ccc(CO)cc3)O2)c1. The third kappa shape index (κ3) is 8.51. The van der Waals surface area contributed by atoms with Crippen LogP contribution in [0.2, 0.25) is 0 Å². The minimum atomic E-state index is -1.05. The number of pyridine rings is 1. The van der Waals surface area contributed by atoms with Gasteiger partial charge < -0.3 is 35.1 Å². The average Bonchev–Trinajstić information content (AvgIpc) is 2.99. The molecule has 0 unspecified atom stereocenters. The fourth-order valence-electron chi connectivity index (χ4n) is 4.17. The van der Waals surface area contributed by atoms with Gasteiger partial charge in [-0.1, -0.05) is 36.4 Å².